The Balaban J connectivity index is 2.10. The molecule has 0 aliphatic rings. The molecule has 0 fully saturated rings. The summed E-state index contributed by atoms with van der Waals surface area (Å²) in [4.78, 5) is 12.8. The van der Waals surface area contributed by atoms with Crippen molar-refractivity contribution in [1.29, 1.82) is 0 Å². The molecule has 9 heteroatoms. The zero-order chi connectivity index (χ0) is 23.2. The molecule has 0 bridgehead atoms. The van der Waals surface area contributed by atoms with E-state index in [0.29, 0.717) is 29.4 Å². The van der Waals surface area contributed by atoms with Crippen LogP contribution in [0.1, 0.15) is 31.9 Å². The van der Waals surface area contributed by atoms with Crippen molar-refractivity contribution in [2.45, 2.75) is 32.4 Å². The van der Waals surface area contributed by atoms with Crippen molar-refractivity contribution in [2.24, 2.45) is 0 Å². The molecule has 2 rings (SSSR count). The topological polar surface area (TPSA) is 94.2 Å². The zero-order valence-electron chi connectivity index (χ0n) is 18.7. The van der Waals surface area contributed by atoms with E-state index in [1.807, 2.05) is 19.9 Å². The Morgan fingerprint density at radius 3 is 2.19 bits per heavy atom. The van der Waals surface area contributed by atoms with Gasteiger partial charge in [0.15, 0.2) is 6.10 Å². The summed E-state index contributed by atoms with van der Waals surface area (Å²) in [6.07, 6.45) is 0.879. The Bertz CT molecular complexity index is 992. The summed E-state index contributed by atoms with van der Waals surface area (Å²) in [5.41, 5.74) is 1.30. The molecule has 170 valence electrons. The van der Waals surface area contributed by atoms with Crippen LogP contribution >= 0.6 is 0 Å². The molecule has 2 unspecified atom stereocenters. The van der Waals surface area contributed by atoms with Gasteiger partial charge < -0.3 is 19.5 Å². The van der Waals surface area contributed by atoms with Crippen LogP contribution in [0, 0.1) is 0 Å². The van der Waals surface area contributed by atoms with E-state index in [2.05, 4.69) is 5.32 Å². The fourth-order valence-electron chi connectivity index (χ4n) is 2.97. The summed E-state index contributed by atoms with van der Waals surface area (Å²) in [5.74, 6) is 1.52. The first-order valence-electron chi connectivity index (χ1n) is 9.83. The molecular weight excluding hydrogens is 420 g/mol. The molecule has 8 nitrogen and oxygen atoms in total. The zero-order valence-corrected chi connectivity index (χ0v) is 19.5. The van der Waals surface area contributed by atoms with Gasteiger partial charge in [0.05, 0.1) is 32.2 Å². The maximum Gasteiger partial charge on any atom is 0.261 e. The highest BCUT2D eigenvalue weighted by Gasteiger charge is 2.23. The van der Waals surface area contributed by atoms with Gasteiger partial charge in [0.2, 0.25) is 10.0 Å². The fraction of sp³-hybridized carbons (Fsp3) is 0.409. The van der Waals surface area contributed by atoms with Crippen molar-refractivity contribution in [3.8, 4) is 17.2 Å². The second-order valence-corrected chi connectivity index (χ2v) is 9.09. The number of amides is 1. The minimum absolute atomic E-state index is 0.266. The average molecular weight is 451 g/mol. The second-order valence-electron chi connectivity index (χ2n) is 7.08. The number of ether oxygens (including phenoxy) is 3. The maximum absolute atomic E-state index is 12.8. The lowest BCUT2D eigenvalue weighted by atomic mass is 10.1. The molecule has 2 aromatic rings. The van der Waals surface area contributed by atoms with Gasteiger partial charge in [0, 0.05) is 12.6 Å². The summed E-state index contributed by atoms with van der Waals surface area (Å²) in [6.45, 7) is 3.71. The second kappa shape index (κ2) is 10.4. The molecule has 0 aromatic heterocycles. The molecule has 2 atom stereocenters. The predicted molar refractivity (Wildman–Crippen MR) is 120 cm³/mol. The molecule has 2 aromatic carbocycles. The standard InChI is InChI=1S/C22H30N2O6S/c1-7-20(30-17-10-8-16(9-11-17)24(3)31(6,26)27)22(25)23-15(2)19-14-18(28-4)12-13-21(19)29-5/h8-15,20H,7H2,1-6H3,(H,23,25). The maximum atomic E-state index is 12.8. The molecule has 0 aliphatic heterocycles. The number of nitrogens with one attached hydrogen (secondary N) is 1. The van der Waals surface area contributed by atoms with Crippen LogP contribution in [-0.2, 0) is 14.8 Å². The molecular formula is C22H30N2O6S. The van der Waals surface area contributed by atoms with Crippen molar-refractivity contribution in [3.63, 3.8) is 0 Å². The van der Waals surface area contributed by atoms with Gasteiger partial charge in [-0.1, -0.05) is 6.92 Å². The number of carbonyl (C=O) groups is 1. The first-order valence-corrected chi connectivity index (χ1v) is 11.7. The molecule has 0 spiro atoms. The summed E-state index contributed by atoms with van der Waals surface area (Å²) < 4.78 is 41.0. The highest BCUT2D eigenvalue weighted by Crippen LogP contribution is 2.29. The smallest absolute Gasteiger partial charge is 0.261 e. The summed E-state index contributed by atoms with van der Waals surface area (Å²) in [6, 6.07) is 11.6. The van der Waals surface area contributed by atoms with E-state index in [1.54, 1.807) is 50.6 Å². The summed E-state index contributed by atoms with van der Waals surface area (Å²) >= 11 is 0. The van der Waals surface area contributed by atoms with Gasteiger partial charge in [-0.15, -0.1) is 0 Å². The minimum atomic E-state index is -3.35. The van der Waals surface area contributed by atoms with E-state index in [0.717, 1.165) is 11.8 Å². The third-order valence-corrected chi connectivity index (χ3v) is 6.11. The number of carbonyl (C=O) groups excluding carboxylic acids is 1. The number of hydrogen-bond acceptors (Lipinski definition) is 6. The molecule has 31 heavy (non-hydrogen) atoms. The van der Waals surface area contributed by atoms with Crippen molar-refractivity contribution in [2.75, 3.05) is 31.8 Å². The van der Waals surface area contributed by atoms with Gasteiger partial charge in [-0.3, -0.25) is 9.10 Å². The van der Waals surface area contributed by atoms with Crippen molar-refractivity contribution in [3.05, 3.63) is 48.0 Å². The quantitative estimate of drug-likeness (QED) is 0.598. The minimum Gasteiger partial charge on any atom is -0.497 e. The number of benzene rings is 2. The fourth-order valence-corrected chi connectivity index (χ4v) is 3.48. The van der Waals surface area contributed by atoms with Crippen LogP contribution in [0.5, 0.6) is 17.2 Å². The van der Waals surface area contributed by atoms with Crippen molar-refractivity contribution < 1.29 is 27.4 Å². The van der Waals surface area contributed by atoms with Crippen LogP contribution in [0.3, 0.4) is 0 Å². The van der Waals surface area contributed by atoms with E-state index in [9.17, 15) is 13.2 Å². The monoisotopic (exact) mass is 450 g/mol. The van der Waals surface area contributed by atoms with Gasteiger partial charge in [0.1, 0.15) is 17.2 Å². The Morgan fingerprint density at radius 2 is 1.68 bits per heavy atom. The largest absolute Gasteiger partial charge is 0.497 e. The molecule has 0 aliphatic carbocycles. The normalized spacial score (nSPS) is 13.1. The van der Waals surface area contributed by atoms with Gasteiger partial charge in [-0.2, -0.15) is 0 Å². The molecule has 0 saturated heterocycles. The van der Waals surface area contributed by atoms with Crippen molar-refractivity contribution >= 4 is 21.6 Å². The van der Waals surface area contributed by atoms with Crippen LogP contribution in [0.25, 0.3) is 0 Å². The van der Waals surface area contributed by atoms with E-state index < -0.39 is 16.1 Å². The number of hydrogen-bond donors (Lipinski definition) is 1. The van der Waals surface area contributed by atoms with E-state index >= 15 is 0 Å². The van der Waals surface area contributed by atoms with Crippen LogP contribution in [0.15, 0.2) is 42.5 Å². The number of sulfonamides is 1. The summed E-state index contributed by atoms with van der Waals surface area (Å²) in [5, 5.41) is 2.96. The average Bonchev–Trinajstić information content (AvgIpc) is 2.76. The van der Waals surface area contributed by atoms with Crippen LogP contribution < -0.4 is 23.8 Å². The molecule has 0 heterocycles. The lowest BCUT2D eigenvalue weighted by Gasteiger charge is -2.22. The van der Waals surface area contributed by atoms with Gasteiger partial charge in [-0.05, 0) is 55.8 Å². The predicted octanol–water partition coefficient (Wildman–Crippen LogP) is 3.13. The first kappa shape index (κ1) is 24.3. The molecule has 1 amide bonds. The first-order chi connectivity index (χ1) is 14.6. The SMILES string of the molecule is CCC(Oc1ccc(N(C)S(C)(=O)=O)cc1)C(=O)NC(C)c1cc(OC)ccc1OC. The van der Waals surface area contributed by atoms with E-state index in [-0.39, 0.29) is 11.9 Å². The Hall–Kier alpha value is -2.94. The van der Waals surface area contributed by atoms with Gasteiger partial charge in [-0.25, -0.2) is 8.42 Å². The van der Waals surface area contributed by atoms with E-state index in [4.69, 9.17) is 14.2 Å². The van der Waals surface area contributed by atoms with E-state index in [1.165, 1.54) is 11.4 Å². The summed E-state index contributed by atoms with van der Waals surface area (Å²) in [7, 11) is 1.27. The van der Waals surface area contributed by atoms with Crippen molar-refractivity contribution in [1.82, 2.24) is 5.32 Å². The van der Waals surface area contributed by atoms with Crippen LogP contribution in [0.4, 0.5) is 5.69 Å². The molecule has 0 saturated carbocycles. The highest BCUT2D eigenvalue weighted by molar-refractivity contribution is 7.92. The third-order valence-electron chi connectivity index (χ3n) is 4.90. The number of anilines is 1. The Kier molecular flexibility index (Phi) is 8.15. The Labute approximate surface area is 184 Å². The van der Waals surface area contributed by atoms with Gasteiger partial charge >= 0.3 is 0 Å². The third kappa shape index (κ3) is 6.27. The number of rotatable bonds is 10. The van der Waals surface area contributed by atoms with Gasteiger partial charge in [0.25, 0.3) is 5.91 Å². The van der Waals surface area contributed by atoms with Crippen LogP contribution in [-0.4, -0.2) is 48.0 Å². The lowest BCUT2D eigenvalue weighted by Crippen LogP contribution is -2.39. The highest BCUT2D eigenvalue weighted by atomic mass is 32.2. The molecule has 1 N–H and O–H groups in total. The van der Waals surface area contributed by atoms with Crippen LogP contribution in [0.2, 0.25) is 0 Å². The number of nitrogens with zero attached hydrogens (tertiary/aromatic N) is 1. The number of methoxy groups -OCH3 is 2. The lowest BCUT2D eigenvalue weighted by molar-refractivity contribution is -0.128. The Morgan fingerprint density at radius 1 is 1.06 bits per heavy atom. The molecule has 0 radical (unpaired) electrons.